The molecule has 0 atom stereocenters. The Bertz CT molecular complexity index is 338. The smallest absolute Gasteiger partial charge is 0.310 e. The van der Waals surface area contributed by atoms with Gasteiger partial charge in [-0.3, -0.25) is 0 Å². The van der Waals surface area contributed by atoms with Crippen LogP contribution in [0.3, 0.4) is 0 Å². The molecular formula is C12H14F3N. The topological polar surface area (TPSA) is 12.0 Å². The highest BCUT2D eigenvalue weighted by Crippen LogP contribution is 2.29. The highest BCUT2D eigenvalue weighted by molar-refractivity contribution is 5.24. The van der Waals surface area contributed by atoms with Crippen molar-refractivity contribution in [3.8, 4) is 0 Å². The van der Waals surface area contributed by atoms with Crippen LogP contribution in [0.5, 0.6) is 0 Å². The molecule has 1 N–H and O–H groups in total. The van der Waals surface area contributed by atoms with E-state index < -0.39 is 11.7 Å². The summed E-state index contributed by atoms with van der Waals surface area (Å²) in [4.78, 5) is 0. The van der Waals surface area contributed by atoms with Crippen molar-refractivity contribution >= 4 is 0 Å². The van der Waals surface area contributed by atoms with Gasteiger partial charge in [0, 0.05) is 12.6 Å². The summed E-state index contributed by atoms with van der Waals surface area (Å²) in [5.41, 5.74) is 0.319. The predicted molar refractivity (Wildman–Crippen MR) is 55.9 cm³/mol. The van der Waals surface area contributed by atoms with Gasteiger partial charge in [0.2, 0.25) is 0 Å². The third-order valence-corrected chi connectivity index (χ3v) is 2.98. The molecule has 0 amide bonds. The Morgan fingerprint density at radius 3 is 2.19 bits per heavy atom. The number of alkyl halides is 3. The van der Waals surface area contributed by atoms with E-state index in [1.807, 2.05) is 0 Å². The number of nitrogens with one attached hydrogen (secondary N) is 1. The molecule has 0 aliphatic heterocycles. The minimum Gasteiger partial charge on any atom is -0.310 e. The number of hydrogen-bond acceptors (Lipinski definition) is 1. The van der Waals surface area contributed by atoms with Crippen molar-refractivity contribution < 1.29 is 13.2 Å². The molecule has 1 saturated carbocycles. The van der Waals surface area contributed by atoms with E-state index in [0.717, 1.165) is 17.7 Å². The van der Waals surface area contributed by atoms with E-state index in [1.54, 1.807) is 0 Å². The summed E-state index contributed by atoms with van der Waals surface area (Å²) in [7, 11) is 0. The molecule has 0 heterocycles. The number of rotatable bonds is 3. The van der Waals surface area contributed by atoms with Gasteiger partial charge in [0.05, 0.1) is 5.56 Å². The third kappa shape index (κ3) is 2.76. The zero-order valence-corrected chi connectivity index (χ0v) is 8.85. The lowest BCUT2D eigenvalue weighted by Gasteiger charge is -2.26. The summed E-state index contributed by atoms with van der Waals surface area (Å²) < 4.78 is 36.8. The minimum absolute atomic E-state index is 0.558. The molecule has 1 aromatic rings. The average Bonchev–Trinajstić information content (AvgIpc) is 2.15. The fourth-order valence-electron chi connectivity index (χ4n) is 1.69. The first kappa shape index (κ1) is 11.5. The van der Waals surface area contributed by atoms with E-state index in [-0.39, 0.29) is 0 Å². The van der Waals surface area contributed by atoms with Crippen molar-refractivity contribution in [2.24, 2.45) is 0 Å². The molecule has 1 fully saturated rings. The molecule has 0 spiro atoms. The SMILES string of the molecule is FC(F)(F)c1ccc(CNC2CCC2)cc1. The van der Waals surface area contributed by atoms with E-state index in [0.29, 0.717) is 12.6 Å². The number of benzene rings is 1. The Balaban J connectivity index is 1.91. The van der Waals surface area contributed by atoms with Crippen LogP contribution in [0.15, 0.2) is 24.3 Å². The van der Waals surface area contributed by atoms with Gasteiger partial charge in [-0.2, -0.15) is 13.2 Å². The first-order valence-corrected chi connectivity index (χ1v) is 5.45. The van der Waals surface area contributed by atoms with Crippen LogP contribution >= 0.6 is 0 Å². The summed E-state index contributed by atoms with van der Waals surface area (Å²) in [6, 6.07) is 5.90. The number of hydrogen-bond donors (Lipinski definition) is 1. The normalized spacial score (nSPS) is 17.2. The molecule has 1 aliphatic carbocycles. The maximum atomic E-state index is 12.3. The second-order valence-electron chi connectivity index (χ2n) is 4.20. The van der Waals surface area contributed by atoms with Gasteiger partial charge in [-0.15, -0.1) is 0 Å². The summed E-state index contributed by atoms with van der Waals surface area (Å²) >= 11 is 0. The first-order chi connectivity index (χ1) is 7.55. The van der Waals surface area contributed by atoms with Gasteiger partial charge in [0.15, 0.2) is 0 Å². The Morgan fingerprint density at radius 1 is 1.12 bits per heavy atom. The fourth-order valence-corrected chi connectivity index (χ4v) is 1.69. The van der Waals surface area contributed by atoms with Crippen LogP contribution in [-0.4, -0.2) is 6.04 Å². The van der Waals surface area contributed by atoms with E-state index in [9.17, 15) is 13.2 Å². The van der Waals surface area contributed by atoms with Gasteiger partial charge in [-0.25, -0.2) is 0 Å². The molecule has 0 aromatic heterocycles. The monoisotopic (exact) mass is 229 g/mol. The van der Waals surface area contributed by atoms with Crippen LogP contribution < -0.4 is 5.32 Å². The van der Waals surface area contributed by atoms with Crippen molar-refractivity contribution in [2.45, 2.75) is 38.0 Å². The van der Waals surface area contributed by atoms with Crippen LogP contribution in [0, 0.1) is 0 Å². The summed E-state index contributed by atoms with van der Waals surface area (Å²) in [5, 5.41) is 3.31. The molecule has 0 unspecified atom stereocenters. The molecule has 16 heavy (non-hydrogen) atoms. The maximum Gasteiger partial charge on any atom is 0.416 e. The Labute approximate surface area is 92.7 Å². The minimum atomic E-state index is -4.24. The van der Waals surface area contributed by atoms with E-state index in [2.05, 4.69) is 5.32 Å². The lowest BCUT2D eigenvalue weighted by Crippen LogP contribution is -2.34. The molecule has 0 bridgehead atoms. The number of halogens is 3. The second-order valence-corrected chi connectivity index (χ2v) is 4.20. The van der Waals surface area contributed by atoms with Gasteiger partial charge in [0.1, 0.15) is 0 Å². The van der Waals surface area contributed by atoms with Crippen LogP contribution in [-0.2, 0) is 12.7 Å². The molecule has 2 rings (SSSR count). The van der Waals surface area contributed by atoms with Crippen LogP contribution in [0.1, 0.15) is 30.4 Å². The standard InChI is InChI=1S/C12H14F3N/c13-12(14,15)10-6-4-9(5-7-10)8-16-11-2-1-3-11/h4-7,11,16H,1-3,8H2. The average molecular weight is 229 g/mol. The highest BCUT2D eigenvalue weighted by atomic mass is 19.4. The van der Waals surface area contributed by atoms with Gasteiger partial charge >= 0.3 is 6.18 Å². The zero-order valence-electron chi connectivity index (χ0n) is 8.85. The largest absolute Gasteiger partial charge is 0.416 e. The highest BCUT2D eigenvalue weighted by Gasteiger charge is 2.29. The molecule has 1 aliphatic rings. The molecule has 88 valence electrons. The van der Waals surface area contributed by atoms with Crippen LogP contribution in [0.25, 0.3) is 0 Å². The second kappa shape index (κ2) is 4.45. The maximum absolute atomic E-state index is 12.3. The van der Waals surface area contributed by atoms with Gasteiger partial charge < -0.3 is 5.32 Å². The van der Waals surface area contributed by atoms with E-state index in [1.165, 1.54) is 31.4 Å². The van der Waals surface area contributed by atoms with Gasteiger partial charge in [-0.1, -0.05) is 18.6 Å². The van der Waals surface area contributed by atoms with E-state index >= 15 is 0 Å². The van der Waals surface area contributed by atoms with Gasteiger partial charge in [0.25, 0.3) is 0 Å². The predicted octanol–water partition coefficient (Wildman–Crippen LogP) is 3.35. The first-order valence-electron chi connectivity index (χ1n) is 5.45. The Morgan fingerprint density at radius 2 is 1.75 bits per heavy atom. The van der Waals surface area contributed by atoms with Crippen molar-refractivity contribution in [1.29, 1.82) is 0 Å². The fraction of sp³-hybridized carbons (Fsp3) is 0.500. The van der Waals surface area contributed by atoms with Crippen molar-refractivity contribution in [1.82, 2.24) is 5.32 Å². The lowest BCUT2D eigenvalue weighted by molar-refractivity contribution is -0.137. The van der Waals surface area contributed by atoms with Crippen molar-refractivity contribution in [3.63, 3.8) is 0 Å². The molecular weight excluding hydrogens is 215 g/mol. The molecule has 4 heteroatoms. The van der Waals surface area contributed by atoms with E-state index in [4.69, 9.17) is 0 Å². The summed E-state index contributed by atoms with van der Waals surface area (Å²) in [6.45, 7) is 0.656. The summed E-state index contributed by atoms with van der Waals surface area (Å²) in [6.07, 6.45) is -0.619. The lowest BCUT2D eigenvalue weighted by atomic mass is 9.93. The molecule has 0 radical (unpaired) electrons. The molecule has 1 aromatic carbocycles. The Kier molecular flexibility index (Phi) is 3.19. The van der Waals surface area contributed by atoms with Crippen LogP contribution in [0.2, 0.25) is 0 Å². The zero-order chi connectivity index (χ0) is 11.6. The van der Waals surface area contributed by atoms with Crippen molar-refractivity contribution in [2.75, 3.05) is 0 Å². The molecule has 1 nitrogen and oxygen atoms in total. The summed E-state index contributed by atoms with van der Waals surface area (Å²) in [5.74, 6) is 0. The van der Waals surface area contributed by atoms with Crippen LogP contribution in [0.4, 0.5) is 13.2 Å². The Hall–Kier alpha value is -1.03. The molecule has 0 saturated heterocycles. The van der Waals surface area contributed by atoms with Crippen molar-refractivity contribution in [3.05, 3.63) is 35.4 Å². The quantitative estimate of drug-likeness (QED) is 0.838. The third-order valence-electron chi connectivity index (χ3n) is 2.98. The van der Waals surface area contributed by atoms with Gasteiger partial charge in [-0.05, 0) is 30.5 Å².